The largest absolute Gasteiger partial charge is 0.331 e. The number of hydrogen-bond donors (Lipinski definition) is 2. The highest BCUT2D eigenvalue weighted by atomic mass is 35.5. The first-order valence-corrected chi connectivity index (χ1v) is 11.9. The molecule has 0 bridgehead atoms. The van der Waals surface area contributed by atoms with Crippen molar-refractivity contribution >= 4 is 44.4 Å². The molecule has 4 aromatic rings. The number of H-pyrrole nitrogens is 1. The first kappa shape index (κ1) is 21.7. The van der Waals surface area contributed by atoms with Crippen LogP contribution in [0.4, 0.5) is 11.4 Å². The van der Waals surface area contributed by atoms with Gasteiger partial charge in [0.1, 0.15) is 5.65 Å². The van der Waals surface area contributed by atoms with Crippen LogP contribution in [-0.2, 0) is 21.1 Å². The number of imidazole rings is 1. The molecule has 2 aromatic carbocycles. The lowest BCUT2D eigenvalue weighted by Gasteiger charge is -2.08. The Morgan fingerprint density at radius 1 is 1.22 bits per heavy atom. The van der Waals surface area contributed by atoms with E-state index >= 15 is 0 Å². The molecule has 0 atom stereocenters. The molecular weight excluding hydrogens is 448 g/mol. The number of benzene rings is 2. The van der Waals surface area contributed by atoms with Crippen molar-refractivity contribution in [2.24, 2.45) is 0 Å². The number of hydrogen-bond acceptors (Lipinski definition) is 3. The standard InChI is InChI=1S/C23H19ClN4O3S/c1-14-9-10-17(24)18(11-14)26-20(29)12-16-19(25-2)13-28-21(15-7-5-4-6-8-15)23(27-22(16)28)32(3,30)31/h4-11,13,27H,12H2,1,3H3,(H,26,29). The topological polar surface area (TPSA) is 87.8 Å². The monoisotopic (exact) mass is 466 g/mol. The minimum absolute atomic E-state index is 0.0265. The van der Waals surface area contributed by atoms with E-state index in [-0.39, 0.29) is 23.0 Å². The molecule has 162 valence electrons. The predicted octanol–water partition coefficient (Wildman–Crippen LogP) is 5.03. The van der Waals surface area contributed by atoms with Gasteiger partial charge in [0.2, 0.25) is 11.6 Å². The summed E-state index contributed by atoms with van der Waals surface area (Å²) in [6, 6.07) is 14.3. The summed E-state index contributed by atoms with van der Waals surface area (Å²) in [5.41, 5.74) is 3.57. The Balaban J connectivity index is 1.82. The molecule has 0 spiro atoms. The molecule has 2 heterocycles. The van der Waals surface area contributed by atoms with Crippen LogP contribution in [0.2, 0.25) is 5.02 Å². The molecule has 9 heteroatoms. The molecule has 0 unspecified atom stereocenters. The molecule has 4 rings (SSSR count). The van der Waals surface area contributed by atoms with E-state index in [1.165, 1.54) is 0 Å². The smallest absolute Gasteiger partial charge is 0.227 e. The quantitative estimate of drug-likeness (QED) is 0.404. The van der Waals surface area contributed by atoms with Gasteiger partial charge in [0.25, 0.3) is 0 Å². The van der Waals surface area contributed by atoms with Gasteiger partial charge in [-0.2, -0.15) is 0 Å². The second kappa shape index (κ2) is 8.19. The minimum Gasteiger partial charge on any atom is -0.331 e. The van der Waals surface area contributed by atoms with E-state index in [1.54, 1.807) is 47.0 Å². The van der Waals surface area contributed by atoms with Gasteiger partial charge in [-0.25, -0.2) is 13.3 Å². The van der Waals surface area contributed by atoms with E-state index < -0.39 is 9.84 Å². The van der Waals surface area contributed by atoms with Gasteiger partial charge in [0.15, 0.2) is 14.9 Å². The second-order valence-electron chi connectivity index (χ2n) is 7.47. The van der Waals surface area contributed by atoms with Gasteiger partial charge in [0, 0.05) is 30.0 Å². The maximum Gasteiger partial charge on any atom is 0.227 e. The first-order valence-electron chi connectivity index (χ1n) is 9.64. The van der Waals surface area contributed by atoms with Gasteiger partial charge in [-0.05, 0) is 24.6 Å². The number of sulfone groups is 1. The fourth-order valence-electron chi connectivity index (χ4n) is 3.61. The summed E-state index contributed by atoms with van der Waals surface area (Å²) < 4.78 is 26.6. The zero-order valence-corrected chi connectivity index (χ0v) is 18.9. The third-order valence-electron chi connectivity index (χ3n) is 5.05. The van der Waals surface area contributed by atoms with E-state index in [1.807, 2.05) is 19.1 Å². The normalized spacial score (nSPS) is 11.4. The van der Waals surface area contributed by atoms with Gasteiger partial charge in [-0.3, -0.25) is 4.79 Å². The molecule has 0 saturated heterocycles. The van der Waals surface area contributed by atoms with Crippen molar-refractivity contribution in [3.8, 4) is 11.3 Å². The molecule has 0 aliphatic carbocycles. The SMILES string of the molecule is [C-]#[N+]c1cn2c(-c3ccccc3)c(S(C)(=O)=O)[nH]c2c1CC(=O)Nc1cc(C)ccc1Cl. The fourth-order valence-corrected chi connectivity index (χ4v) is 4.63. The number of aromatic nitrogens is 2. The number of rotatable bonds is 5. The number of nitrogens with zero attached hydrogens (tertiary/aromatic N) is 2. The van der Waals surface area contributed by atoms with Crippen molar-refractivity contribution in [1.82, 2.24) is 9.38 Å². The zero-order valence-electron chi connectivity index (χ0n) is 17.3. The van der Waals surface area contributed by atoms with Crippen LogP contribution >= 0.6 is 11.6 Å². The lowest BCUT2D eigenvalue weighted by atomic mass is 10.1. The highest BCUT2D eigenvalue weighted by Crippen LogP contribution is 2.35. The van der Waals surface area contributed by atoms with Gasteiger partial charge in [0.05, 0.1) is 23.0 Å². The molecule has 2 aromatic heterocycles. The Morgan fingerprint density at radius 3 is 2.59 bits per heavy atom. The third-order valence-corrected chi connectivity index (χ3v) is 6.41. The number of aromatic amines is 1. The molecule has 1 amide bonds. The van der Waals surface area contributed by atoms with Crippen LogP contribution in [0, 0.1) is 13.5 Å². The molecule has 0 fully saturated rings. The van der Waals surface area contributed by atoms with Crippen LogP contribution in [0.25, 0.3) is 21.7 Å². The van der Waals surface area contributed by atoms with Crippen LogP contribution in [-0.4, -0.2) is 30.0 Å². The number of nitrogens with one attached hydrogen (secondary N) is 2. The summed E-state index contributed by atoms with van der Waals surface area (Å²) in [4.78, 5) is 19.3. The summed E-state index contributed by atoms with van der Waals surface area (Å²) in [7, 11) is -3.61. The average molecular weight is 467 g/mol. The lowest BCUT2D eigenvalue weighted by molar-refractivity contribution is -0.115. The number of carbonyl (C=O) groups is 1. The maximum absolute atomic E-state index is 12.8. The molecule has 32 heavy (non-hydrogen) atoms. The Labute approximate surface area is 190 Å². The molecule has 7 nitrogen and oxygen atoms in total. The summed E-state index contributed by atoms with van der Waals surface area (Å²) in [5.74, 6) is -0.368. The Bertz CT molecular complexity index is 1500. The van der Waals surface area contributed by atoms with E-state index in [0.717, 1.165) is 11.8 Å². The maximum atomic E-state index is 12.8. The van der Waals surface area contributed by atoms with Crippen LogP contribution in [0.1, 0.15) is 11.1 Å². The van der Waals surface area contributed by atoms with Crippen molar-refractivity contribution in [2.75, 3.05) is 11.6 Å². The fraction of sp³-hybridized carbons (Fsp3) is 0.130. The molecule has 0 radical (unpaired) electrons. The van der Waals surface area contributed by atoms with Crippen molar-refractivity contribution in [3.05, 3.63) is 82.3 Å². The number of carbonyl (C=O) groups excluding carboxylic acids is 1. The molecule has 0 saturated carbocycles. The predicted molar refractivity (Wildman–Crippen MR) is 125 cm³/mol. The molecule has 0 aliphatic rings. The van der Waals surface area contributed by atoms with E-state index in [4.69, 9.17) is 18.2 Å². The summed E-state index contributed by atoms with van der Waals surface area (Å²) in [6.45, 7) is 9.45. The first-order chi connectivity index (χ1) is 15.2. The zero-order chi connectivity index (χ0) is 23.0. The minimum atomic E-state index is -3.61. The van der Waals surface area contributed by atoms with Crippen LogP contribution in [0.15, 0.2) is 59.8 Å². The molecular formula is C23H19ClN4O3S. The highest BCUT2D eigenvalue weighted by molar-refractivity contribution is 7.90. The number of halogens is 1. The van der Waals surface area contributed by atoms with Crippen LogP contribution in [0.3, 0.4) is 0 Å². The van der Waals surface area contributed by atoms with Gasteiger partial charge in [-0.15, -0.1) is 0 Å². The van der Waals surface area contributed by atoms with E-state index in [0.29, 0.717) is 33.2 Å². The van der Waals surface area contributed by atoms with Crippen molar-refractivity contribution in [3.63, 3.8) is 0 Å². The number of anilines is 1. The molecule has 0 aliphatic heterocycles. The average Bonchev–Trinajstić information content (AvgIpc) is 3.28. The van der Waals surface area contributed by atoms with Crippen LogP contribution in [0.5, 0.6) is 0 Å². The van der Waals surface area contributed by atoms with Crippen molar-refractivity contribution in [1.29, 1.82) is 0 Å². The van der Waals surface area contributed by atoms with Gasteiger partial charge in [-0.1, -0.05) is 48.0 Å². The Hall–Kier alpha value is -3.54. The third kappa shape index (κ3) is 4.00. The second-order valence-corrected chi connectivity index (χ2v) is 9.83. The summed E-state index contributed by atoms with van der Waals surface area (Å²) >= 11 is 6.18. The van der Waals surface area contributed by atoms with Crippen molar-refractivity contribution in [2.45, 2.75) is 18.4 Å². The number of aryl methyl sites for hydroxylation is 1. The van der Waals surface area contributed by atoms with Gasteiger partial charge >= 0.3 is 0 Å². The van der Waals surface area contributed by atoms with E-state index in [9.17, 15) is 13.2 Å². The Morgan fingerprint density at radius 2 is 1.94 bits per heavy atom. The summed E-state index contributed by atoms with van der Waals surface area (Å²) in [6.07, 6.45) is 2.54. The number of fused-ring (bicyclic) bond motifs is 1. The van der Waals surface area contributed by atoms with Crippen LogP contribution < -0.4 is 5.32 Å². The highest BCUT2D eigenvalue weighted by Gasteiger charge is 2.25. The number of amides is 1. The Kier molecular flexibility index (Phi) is 5.55. The van der Waals surface area contributed by atoms with Gasteiger partial charge < -0.3 is 14.7 Å². The lowest BCUT2D eigenvalue weighted by Crippen LogP contribution is -2.14. The molecule has 2 N–H and O–H groups in total. The van der Waals surface area contributed by atoms with E-state index in [2.05, 4.69) is 15.1 Å². The van der Waals surface area contributed by atoms with Crippen molar-refractivity contribution < 1.29 is 13.2 Å². The summed E-state index contributed by atoms with van der Waals surface area (Å²) in [5, 5.41) is 3.20.